The Labute approximate surface area is 321 Å². The molecule has 4 heteroatoms. The van der Waals surface area contributed by atoms with Crippen molar-refractivity contribution < 1.29 is 0 Å². The number of nitrogens with zero attached hydrogens (tertiary/aromatic N) is 4. The average molecular weight is 713 g/mol. The lowest BCUT2D eigenvalue weighted by molar-refractivity contribution is 0.374. The van der Waals surface area contributed by atoms with Gasteiger partial charge in [-0.3, -0.25) is 0 Å². The highest BCUT2D eigenvalue weighted by Crippen LogP contribution is 2.51. The normalized spacial score (nSPS) is 29.7. The third kappa shape index (κ3) is 18.0. The molecule has 6 rings (SSSR count). The van der Waals surface area contributed by atoms with E-state index in [0.717, 1.165) is 48.3 Å². The molecular formula is C47H92N4. The molecule has 51 heavy (non-hydrogen) atoms. The van der Waals surface area contributed by atoms with Crippen molar-refractivity contribution in [1.29, 1.82) is 0 Å². The molecular weight excluding hydrogens is 621 g/mol. The van der Waals surface area contributed by atoms with Crippen molar-refractivity contribution in [2.45, 2.75) is 208 Å². The molecule has 0 bridgehead atoms. The Morgan fingerprint density at radius 3 is 0.922 bits per heavy atom. The predicted octanol–water partition coefficient (Wildman–Crippen LogP) is 15.4. The molecule has 2 heterocycles. The molecule has 0 spiro atoms. The van der Waals surface area contributed by atoms with Crippen molar-refractivity contribution in [2.75, 3.05) is 0 Å². The second-order valence-corrected chi connectivity index (χ2v) is 17.7. The van der Waals surface area contributed by atoms with Crippen LogP contribution in [0.1, 0.15) is 208 Å². The van der Waals surface area contributed by atoms with Crippen molar-refractivity contribution in [3.05, 3.63) is 0 Å². The molecule has 0 aromatic carbocycles. The van der Waals surface area contributed by atoms with Gasteiger partial charge in [0.15, 0.2) is 0 Å². The van der Waals surface area contributed by atoms with Crippen LogP contribution in [-0.2, 0) is 0 Å². The van der Waals surface area contributed by atoms with Gasteiger partial charge in [0.2, 0.25) is 0 Å². The molecule has 300 valence electrons. The van der Waals surface area contributed by atoms with Gasteiger partial charge in [0.05, 0.1) is 0 Å². The van der Waals surface area contributed by atoms with E-state index in [4.69, 9.17) is 0 Å². The van der Waals surface area contributed by atoms with Crippen LogP contribution in [0.5, 0.6) is 0 Å². The monoisotopic (exact) mass is 713 g/mol. The Kier molecular flexibility index (Phi) is 25.8. The summed E-state index contributed by atoms with van der Waals surface area (Å²) in [5, 5.41) is 18.0. The van der Waals surface area contributed by atoms with Crippen LogP contribution in [0, 0.1) is 71.0 Å². The van der Waals surface area contributed by atoms with Gasteiger partial charge in [-0.25, -0.2) is 0 Å². The molecule has 4 saturated carbocycles. The molecule has 8 atom stereocenters. The molecule has 4 nitrogen and oxygen atoms in total. The van der Waals surface area contributed by atoms with E-state index >= 15 is 0 Å². The van der Waals surface area contributed by atoms with Gasteiger partial charge in [-0.2, -0.15) is 20.4 Å². The van der Waals surface area contributed by atoms with Gasteiger partial charge in [0.25, 0.3) is 0 Å². The summed E-state index contributed by atoms with van der Waals surface area (Å²) < 4.78 is 0. The second-order valence-electron chi connectivity index (χ2n) is 17.7. The van der Waals surface area contributed by atoms with E-state index in [1.807, 2.05) is 27.7 Å². The number of fused-ring (bicyclic) bond motifs is 4. The first-order valence-electron chi connectivity index (χ1n) is 22.1. The number of rotatable bonds is 6. The lowest BCUT2D eigenvalue weighted by atomic mass is 9.74. The summed E-state index contributed by atoms with van der Waals surface area (Å²) in [6.07, 6.45) is 19.1. The van der Waals surface area contributed by atoms with Gasteiger partial charge in [-0.05, 0) is 138 Å². The fraction of sp³-hybridized carbons (Fsp3) is 0.915. The van der Waals surface area contributed by atoms with Crippen molar-refractivity contribution in [3.63, 3.8) is 0 Å². The van der Waals surface area contributed by atoms with Gasteiger partial charge in [-0.15, -0.1) is 0 Å². The molecule has 2 aliphatic heterocycles. The van der Waals surface area contributed by atoms with Crippen LogP contribution >= 0.6 is 0 Å². The van der Waals surface area contributed by atoms with Gasteiger partial charge in [0.1, 0.15) is 0 Å². The second kappa shape index (κ2) is 26.5. The minimum Gasteiger partial charge on any atom is -0.160 e. The van der Waals surface area contributed by atoms with Crippen LogP contribution in [0.2, 0.25) is 0 Å². The third-order valence-electron chi connectivity index (χ3n) is 12.0. The SMILES string of the molecule is C.CC.CC.CC1=NN=C(CC(C)C)C2CCC3CC3CCC12.CC1=NN=C(CC(C)C)C2CCC3CC3CCC12.CCC(C)C.CCC(C)C. The van der Waals surface area contributed by atoms with E-state index in [1.54, 1.807) is 0 Å². The van der Waals surface area contributed by atoms with Gasteiger partial charge in [-0.1, -0.05) is 117 Å². The maximum Gasteiger partial charge on any atom is 0.0445 e. The minimum absolute atomic E-state index is 0. The lowest BCUT2D eigenvalue weighted by Gasteiger charge is -2.32. The maximum absolute atomic E-state index is 4.55. The average Bonchev–Trinajstić information content (AvgIpc) is 4.00. The van der Waals surface area contributed by atoms with Crippen molar-refractivity contribution >= 4 is 22.8 Å². The fourth-order valence-corrected chi connectivity index (χ4v) is 8.02. The smallest absolute Gasteiger partial charge is 0.0445 e. The lowest BCUT2D eigenvalue weighted by Crippen LogP contribution is -2.33. The van der Waals surface area contributed by atoms with Crippen LogP contribution in [0.15, 0.2) is 20.4 Å². The van der Waals surface area contributed by atoms with Crippen LogP contribution in [0.3, 0.4) is 0 Å². The number of hydrogen-bond donors (Lipinski definition) is 0. The van der Waals surface area contributed by atoms with Crippen LogP contribution in [-0.4, -0.2) is 22.8 Å². The summed E-state index contributed by atoms with van der Waals surface area (Å²) in [5.41, 5.74) is 5.40. The summed E-state index contributed by atoms with van der Waals surface area (Å²) >= 11 is 0. The molecule has 0 aromatic heterocycles. The van der Waals surface area contributed by atoms with Gasteiger partial charge < -0.3 is 0 Å². The first kappa shape index (κ1) is 49.7. The highest BCUT2D eigenvalue weighted by atomic mass is 15.2. The summed E-state index contributed by atoms with van der Waals surface area (Å²) in [6.45, 7) is 34.9. The standard InChI is InChI=1S/2C16H26N2.2C5H12.2C2H6.CH4/c2*1-10(2)8-16-15-7-5-13-9-12(13)4-6-14(15)11(3)17-18-16;2*1-4-5(2)3;2*1-2;/h2*10,12-15H,4-9H2,1-3H3;2*5H,4H2,1-3H3;2*1-2H3;1H4. The summed E-state index contributed by atoms with van der Waals surface area (Å²) in [5.74, 6) is 10.3. The van der Waals surface area contributed by atoms with Crippen molar-refractivity contribution in [2.24, 2.45) is 91.4 Å². The highest BCUT2D eigenvalue weighted by molar-refractivity contribution is 5.98. The zero-order chi connectivity index (χ0) is 38.0. The molecule has 0 aromatic rings. The molecule has 0 N–H and O–H groups in total. The minimum atomic E-state index is 0. The molecule has 6 aliphatic rings. The molecule has 0 saturated heterocycles. The Morgan fingerprint density at radius 2 is 0.686 bits per heavy atom. The first-order valence-corrected chi connectivity index (χ1v) is 22.1. The van der Waals surface area contributed by atoms with E-state index in [-0.39, 0.29) is 7.43 Å². The number of hydrogen-bond acceptors (Lipinski definition) is 4. The zero-order valence-electron chi connectivity index (χ0n) is 36.6. The topological polar surface area (TPSA) is 49.4 Å². The fourth-order valence-electron chi connectivity index (χ4n) is 8.02. The molecule has 0 amide bonds. The highest BCUT2D eigenvalue weighted by Gasteiger charge is 2.43. The van der Waals surface area contributed by atoms with Crippen molar-refractivity contribution in [1.82, 2.24) is 0 Å². The Balaban J connectivity index is 0.000000713. The third-order valence-corrected chi connectivity index (χ3v) is 12.0. The largest absolute Gasteiger partial charge is 0.160 e. The van der Waals surface area contributed by atoms with E-state index in [2.05, 4.69) is 103 Å². The Bertz CT molecular complexity index is 949. The molecule has 0 radical (unpaired) electrons. The molecule has 4 aliphatic carbocycles. The summed E-state index contributed by atoms with van der Waals surface area (Å²) in [6, 6.07) is 0. The Hall–Kier alpha value is -1.32. The van der Waals surface area contributed by atoms with Gasteiger partial charge >= 0.3 is 0 Å². The van der Waals surface area contributed by atoms with E-state index in [9.17, 15) is 0 Å². The summed E-state index contributed by atoms with van der Waals surface area (Å²) in [7, 11) is 0. The van der Waals surface area contributed by atoms with E-state index in [1.165, 1.54) is 99.9 Å². The molecule has 8 unspecified atom stereocenters. The van der Waals surface area contributed by atoms with E-state index in [0.29, 0.717) is 35.5 Å². The predicted molar refractivity (Wildman–Crippen MR) is 234 cm³/mol. The van der Waals surface area contributed by atoms with Crippen molar-refractivity contribution in [3.8, 4) is 0 Å². The summed E-state index contributed by atoms with van der Waals surface area (Å²) in [4.78, 5) is 0. The maximum atomic E-state index is 4.55. The molecule has 4 fully saturated rings. The van der Waals surface area contributed by atoms with E-state index < -0.39 is 0 Å². The first-order chi connectivity index (χ1) is 23.8. The van der Waals surface area contributed by atoms with Crippen LogP contribution < -0.4 is 0 Å². The zero-order valence-corrected chi connectivity index (χ0v) is 36.6. The van der Waals surface area contributed by atoms with Gasteiger partial charge in [0, 0.05) is 46.5 Å². The van der Waals surface area contributed by atoms with Crippen LogP contribution in [0.25, 0.3) is 0 Å². The van der Waals surface area contributed by atoms with Crippen LogP contribution in [0.4, 0.5) is 0 Å². The quantitative estimate of drug-likeness (QED) is 0.263. The Morgan fingerprint density at radius 1 is 0.431 bits per heavy atom.